The van der Waals surface area contributed by atoms with Gasteiger partial charge in [0, 0.05) is 0 Å². The van der Waals surface area contributed by atoms with Gasteiger partial charge in [-0.15, -0.1) is 0 Å². The summed E-state index contributed by atoms with van der Waals surface area (Å²) in [5, 5.41) is 9.23. The summed E-state index contributed by atoms with van der Waals surface area (Å²) >= 11 is 0. The van der Waals surface area contributed by atoms with Crippen LogP contribution in [0.2, 0.25) is 0 Å². The molecule has 0 saturated carbocycles. The largest absolute Gasteiger partial charge is 0.494 e. The van der Waals surface area contributed by atoms with E-state index in [1.54, 1.807) is 0 Å². The first-order valence-corrected chi connectivity index (χ1v) is 9.95. The number of benzene rings is 2. The standard InChI is InChI=1S/C23H29NO3/c25-23(26)22-11-5-17-24(22)16-4-9-20-12-14-21(15-13-20)27-18-6-10-19-7-2-1-3-8-19/h1-3,7-8,12-15,22H,4-6,9-11,16-18H2,(H,25,26). The highest BCUT2D eigenvalue weighted by Crippen LogP contribution is 2.19. The zero-order valence-electron chi connectivity index (χ0n) is 15.8. The maximum Gasteiger partial charge on any atom is 0.320 e. The fourth-order valence-electron chi connectivity index (χ4n) is 3.72. The quantitative estimate of drug-likeness (QED) is 0.640. The molecular formula is C23H29NO3. The lowest BCUT2D eigenvalue weighted by Gasteiger charge is -2.20. The van der Waals surface area contributed by atoms with Crippen LogP contribution >= 0.6 is 0 Å². The Bertz CT molecular complexity index is 699. The van der Waals surface area contributed by atoms with E-state index in [0.717, 1.165) is 64.0 Å². The van der Waals surface area contributed by atoms with E-state index in [1.807, 2.05) is 18.2 Å². The number of hydrogen-bond acceptors (Lipinski definition) is 3. The van der Waals surface area contributed by atoms with Gasteiger partial charge in [-0.3, -0.25) is 9.69 Å². The van der Waals surface area contributed by atoms with E-state index < -0.39 is 5.97 Å². The van der Waals surface area contributed by atoms with Crippen molar-refractivity contribution in [1.82, 2.24) is 4.90 Å². The monoisotopic (exact) mass is 367 g/mol. The van der Waals surface area contributed by atoms with Gasteiger partial charge in [0.25, 0.3) is 0 Å². The fourth-order valence-corrected chi connectivity index (χ4v) is 3.72. The molecule has 144 valence electrons. The molecule has 1 unspecified atom stereocenters. The lowest BCUT2D eigenvalue weighted by Crippen LogP contribution is -2.36. The summed E-state index contributed by atoms with van der Waals surface area (Å²) in [5.74, 6) is 0.235. The van der Waals surface area contributed by atoms with Crippen LogP contribution < -0.4 is 4.74 Å². The summed E-state index contributed by atoms with van der Waals surface area (Å²) in [4.78, 5) is 13.3. The zero-order valence-corrected chi connectivity index (χ0v) is 15.8. The summed E-state index contributed by atoms with van der Waals surface area (Å²) in [5.41, 5.74) is 2.62. The number of likely N-dealkylation sites (tertiary alicyclic amines) is 1. The maximum absolute atomic E-state index is 11.2. The van der Waals surface area contributed by atoms with Crippen LogP contribution in [0.3, 0.4) is 0 Å². The first-order chi connectivity index (χ1) is 13.2. The third-order valence-electron chi connectivity index (χ3n) is 5.20. The van der Waals surface area contributed by atoms with E-state index in [-0.39, 0.29) is 6.04 Å². The van der Waals surface area contributed by atoms with Crippen LogP contribution in [0, 0.1) is 0 Å². The maximum atomic E-state index is 11.2. The van der Waals surface area contributed by atoms with Gasteiger partial charge >= 0.3 is 5.97 Å². The molecule has 0 amide bonds. The molecule has 4 nitrogen and oxygen atoms in total. The number of hydrogen-bond donors (Lipinski definition) is 1. The number of nitrogens with zero attached hydrogens (tertiary/aromatic N) is 1. The molecule has 0 aromatic heterocycles. The fraction of sp³-hybridized carbons (Fsp3) is 0.435. The second kappa shape index (κ2) is 10.1. The number of ether oxygens (including phenoxy) is 1. The molecule has 0 bridgehead atoms. The van der Waals surface area contributed by atoms with Crippen molar-refractivity contribution in [2.75, 3.05) is 19.7 Å². The van der Waals surface area contributed by atoms with E-state index in [4.69, 9.17) is 4.74 Å². The number of carboxylic acids is 1. The smallest absolute Gasteiger partial charge is 0.320 e. The number of aliphatic carboxylic acids is 1. The molecule has 0 radical (unpaired) electrons. The molecule has 1 saturated heterocycles. The predicted octanol–water partition coefficient (Wildman–Crippen LogP) is 4.18. The SMILES string of the molecule is O=C(O)C1CCCN1CCCc1ccc(OCCCc2ccccc2)cc1. The van der Waals surface area contributed by atoms with Crippen LogP contribution in [-0.4, -0.2) is 41.7 Å². The Morgan fingerprint density at radius 1 is 1.00 bits per heavy atom. The topological polar surface area (TPSA) is 49.8 Å². The number of rotatable bonds is 10. The second-order valence-electron chi connectivity index (χ2n) is 7.22. The average molecular weight is 367 g/mol. The molecule has 0 spiro atoms. The van der Waals surface area contributed by atoms with E-state index in [2.05, 4.69) is 41.3 Å². The van der Waals surface area contributed by atoms with E-state index in [0.29, 0.717) is 0 Å². The normalized spacial score (nSPS) is 17.1. The van der Waals surface area contributed by atoms with Gasteiger partial charge in [-0.05, 0) is 74.9 Å². The minimum absolute atomic E-state index is 0.281. The second-order valence-corrected chi connectivity index (χ2v) is 7.22. The molecular weight excluding hydrogens is 338 g/mol. The molecule has 27 heavy (non-hydrogen) atoms. The highest BCUT2D eigenvalue weighted by Gasteiger charge is 2.29. The molecule has 1 heterocycles. The summed E-state index contributed by atoms with van der Waals surface area (Å²) < 4.78 is 5.84. The Balaban J connectivity index is 1.34. The molecule has 1 atom stereocenters. The van der Waals surface area contributed by atoms with Gasteiger partial charge in [-0.1, -0.05) is 42.5 Å². The molecule has 4 heteroatoms. The van der Waals surface area contributed by atoms with Gasteiger partial charge < -0.3 is 9.84 Å². The Morgan fingerprint density at radius 3 is 2.44 bits per heavy atom. The third-order valence-corrected chi connectivity index (χ3v) is 5.20. The lowest BCUT2D eigenvalue weighted by atomic mass is 10.1. The third kappa shape index (κ3) is 6.10. The van der Waals surface area contributed by atoms with Crippen LogP contribution in [-0.2, 0) is 17.6 Å². The van der Waals surface area contributed by atoms with Crippen LogP contribution in [0.4, 0.5) is 0 Å². The zero-order chi connectivity index (χ0) is 18.9. The van der Waals surface area contributed by atoms with Crippen molar-refractivity contribution < 1.29 is 14.6 Å². The lowest BCUT2D eigenvalue weighted by molar-refractivity contribution is -0.142. The van der Waals surface area contributed by atoms with Crippen LogP contribution in [0.1, 0.15) is 36.8 Å². The Kier molecular flexibility index (Phi) is 7.28. The summed E-state index contributed by atoms with van der Waals surface area (Å²) in [7, 11) is 0. The van der Waals surface area contributed by atoms with E-state index in [1.165, 1.54) is 11.1 Å². The average Bonchev–Trinajstić information content (AvgIpc) is 3.16. The van der Waals surface area contributed by atoms with E-state index >= 15 is 0 Å². The minimum atomic E-state index is -0.679. The van der Waals surface area contributed by atoms with Crippen molar-refractivity contribution in [1.29, 1.82) is 0 Å². The highest BCUT2D eigenvalue weighted by molar-refractivity contribution is 5.73. The Morgan fingerprint density at radius 2 is 1.70 bits per heavy atom. The molecule has 1 fully saturated rings. The van der Waals surface area contributed by atoms with Crippen LogP contribution in [0.5, 0.6) is 5.75 Å². The van der Waals surface area contributed by atoms with Gasteiger partial charge in [-0.25, -0.2) is 0 Å². The molecule has 1 aliphatic rings. The summed E-state index contributed by atoms with van der Waals surface area (Å²) in [6.07, 6.45) is 5.77. The number of carbonyl (C=O) groups is 1. The Hall–Kier alpha value is -2.33. The summed E-state index contributed by atoms with van der Waals surface area (Å²) in [6, 6.07) is 18.5. The highest BCUT2D eigenvalue weighted by atomic mass is 16.5. The van der Waals surface area contributed by atoms with Gasteiger partial charge in [0.1, 0.15) is 11.8 Å². The molecule has 0 aliphatic carbocycles. The molecule has 1 N–H and O–H groups in total. The van der Waals surface area contributed by atoms with Gasteiger partial charge in [0.2, 0.25) is 0 Å². The number of aryl methyl sites for hydroxylation is 2. The Labute approximate surface area is 161 Å². The first-order valence-electron chi connectivity index (χ1n) is 9.95. The van der Waals surface area contributed by atoms with Crippen LogP contribution in [0.25, 0.3) is 0 Å². The number of carboxylic acid groups (broad SMARTS) is 1. The molecule has 1 aliphatic heterocycles. The van der Waals surface area contributed by atoms with Gasteiger partial charge in [0.05, 0.1) is 6.61 Å². The van der Waals surface area contributed by atoms with Crippen molar-refractivity contribution >= 4 is 5.97 Å². The van der Waals surface area contributed by atoms with Crippen molar-refractivity contribution in [3.05, 3.63) is 65.7 Å². The van der Waals surface area contributed by atoms with Crippen molar-refractivity contribution in [3.8, 4) is 5.75 Å². The van der Waals surface area contributed by atoms with Crippen molar-refractivity contribution in [2.24, 2.45) is 0 Å². The van der Waals surface area contributed by atoms with Crippen molar-refractivity contribution in [2.45, 2.75) is 44.6 Å². The van der Waals surface area contributed by atoms with Crippen molar-refractivity contribution in [3.63, 3.8) is 0 Å². The van der Waals surface area contributed by atoms with E-state index in [9.17, 15) is 9.90 Å². The van der Waals surface area contributed by atoms with Gasteiger partial charge in [-0.2, -0.15) is 0 Å². The van der Waals surface area contributed by atoms with Crippen LogP contribution in [0.15, 0.2) is 54.6 Å². The first kappa shape index (κ1) is 19.4. The summed E-state index contributed by atoms with van der Waals surface area (Å²) in [6.45, 7) is 2.49. The molecule has 2 aromatic carbocycles. The minimum Gasteiger partial charge on any atom is -0.494 e. The molecule has 2 aromatic rings. The van der Waals surface area contributed by atoms with Gasteiger partial charge in [0.15, 0.2) is 0 Å². The molecule has 3 rings (SSSR count). The predicted molar refractivity (Wildman–Crippen MR) is 107 cm³/mol.